The molecule has 4 N–H and O–H groups in total. The molecule has 8 nitrogen and oxygen atoms in total. The summed E-state index contributed by atoms with van der Waals surface area (Å²) in [6, 6.07) is 3.64. The normalized spacial score (nSPS) is 17.5. The van der Waals surface area contributed by atoms with E-state index in [9.17, 15) is 24.9 Å². The van der Waals surface area contributed by atoms with Crippen molar-refractivity contribution in [3.63, 3.8) is 0 Å². The highest BCUT2D eigenvalue weighted by atomic mass is 16.4. The average Bonchev–Trinajstić information content (AvgIpc) is 2.77. The van der Waals surface area contributed by atoms with Gasteiger partial charge in [-0.1, -0.05) is 18.1 Å². The van der Waals surface area contributed by atoms with E-state index in [0.717, 1.165) is 41.4 Å². The van der Waals surface area contributed by atoms with Crippen LogP contribution in [0.3, 0.4) is 0 Å². The molecule has 1 saturated carbocycles. The van der Waals surface area contributed by atoms with E-state index in [4.69, 9.17) is 5.11 Å². The number of nitrogens with zero attached hydrogens (tertiary/aromatic N) is 2. The number of hydrogen-bond acceptors (Lipinski definition) is 6. The number of benzene rings is 1. The fraction of sp³-hybridized carbons (Fsp3) is 0.565. The summed E-state index contributed by atoms with van der Waals surface area (Å²) in [7, 11) is 0. The SMILES string of the molecule is Cc1cc2c(cc1C)n(C[C@H](O)[C@H](O)[C@H](O)CO)c(=O)c(=O)n2CC=C1CCCCC1. The van der Waals surface area contributed by atoms with Gasteiger partial charge in [0.25, 0.3) is 0 Å². The topological polar surface area (TPSA) is 125 Å². The molecular weight excluding hydrogens is 400 g/mol. The molecule has 3 atom stereocenters. The molecule has 3 rings (SSSR count). The molecule has 1 aromatic heterocycles. The van der Waals surface area contributed by atoms with Gasteiger partial charge in [-0.25, -0.2) is 0 Å². The molecule has 1 aromatic carbocycles. The van der Waals surface area contributed by atoms with E-state index in [-0.39, 0.29) is 6.54 Å². The van der Waals surface area contributed by atoms with Crippen LogP contribution in [-0.4, -0.2) is 54.5 Å². The van der Waals surface area contributed by atoms with Gasteiger partial charge < -0.3 is 20.4 Å². The highest BCUT2D eigenvalue weighted by Gasteiger charge is 2.26. The molecule has 0 amide bonds. The zero-order chi connectivity index (χ0) is 22.7. The lowest BCUT2D eigenvalue weighted by atomic mass is 9.95. The van der Waals surface area contributed by atoms with Gasteiger partial charge in [-0.3, -0.25) is 18.7 Å². The molecule has 0 bridgehead atoms. The molecule has 0 unspecified atom stereocenters. The predicted molar refractivity (Wildman–Crippen MR) is 118 cm³/mol. The highest BCUT2D eigenvalue weighted by molar-refractivity contribution is 5.77. The number of fused-ring (bicyclic) bond motifs is 1. The first kappa shape index (κ1) is 23.4. The van der Waals surface area contributed by atoms with Crippen LogP contribution in [-0.2, 0) is 13.1 Å². The Hall–Kier alpha value is -2.26. The molecule has 1 aliphatic rings. The third-order valence-electron chi connectivity index (χ3n) is 6.25. The summed E-state index contributed by atoms with van der Waals surface area (Å²) in [4.78, 5) is 25.9. The van der Waals surface area contributed by atoms with E-state index in [2.05, 4.69) is 0 Å². The Kier molecular flexibility index (Phi) is 7.48. The molecule has 0 radical (unpaired) electrons. The Morgan fingerprint density at radius 3 is 2.03 bits per heavy atom. The monoisotopic (exact) mass is 432 g/mol. The smallest absolute Gasteiger partial charge is 0.317 e. The van der Waals surface area contributed by atoms with Crippen molar-refractivity contribution in [2.45, 2.75) is 77.4 Å². The first-order valence-corrected chi connectivity index (χ1v) is 10.8. The first-order valence-electron chi connectivity index (χ1n) is 10.8. The van der Waals surface area contributed by atoms with Crippen LogP contribution in [0.15, 0.2) is 33.4 Å². The third kappa shape index (κ3) is 4.98. The number of aliphatic hydroxyl groups excluding tert-OH is 4. The van der Waals surface area contributed by atoms with Crippen LogP contribution in [0.4, 0.5) is 0 Å². The van der Waals surface area contributed by atoms with E-state index in [1.54, 1.807) is 6.07 Å². The minimum atomic E-state index is -1.66. The maximum Gasteiger partial charge on any atom is 0.317 e. The molecular formula is C23H32N2O6. The predicted octanol–water partition coefficient (Wildman–Crippen LogP) is 0.746. The van der Waals surface area contributed by atoms with Crippen LogP contribution in [0.5, 0.6) is 0 Å². The third-order valence-corrected chi connectivity index (χ3v) is 6.25. The van der Waals surface area contributed by atoms with E-state index < -0.39 is 36.0 Å². The van der Waals surface area contributed by atoms with Crippen molar-refractivity contribution in [3.05, 3.63) is 55.6 Å². The van der Waals surface area contributed by atoms with Crippen molar-refractivity contribution < 1.29 is 20.4 Å². The molecule has 1 heterocycles. The number of allylic oxidation sites excluding steroid dienone is 2. The standard InChI is InChI=1S/C23H32N2O6/c1-14-10-17-18(11-15(14)2)25(12-19(27)21(29)20(28)13-26)23(31)22(30)24(17)9-8-16-6-4-3-5-7-16/h8,10-11,19-21,26-29H,3-7,9,12-13H2,1-2H3/t19-,20+,21-/m0/s1. The molecule has 0 aliphatic heterocycles. The summed E-state index contributed by atoms with van der Waals surface area (Å²) in [5.74, 6) is 0. The first-order chi connectivity index (χ1) is 14.7. The van der Waals surface area contributed by atoms with Crippen molar-refractivity contribution in [3.8, 4) is 0 Å². The summed E-state index contributed by atoms with van der Waals surface area (Å²) in [6.45, 7) is 3.01. The van der Waals surface area contributed by atoms with Gasteiger partial charge in [0.1, 0.15) is 18.3 Å². The average molecular weight is 433 g/mol. The van der Waals surface area contributed by atoms with E-state index in [0.29, 0.717) is 17.6 Å². The molecule has 1 aliphatic carbocycles. The molecule has 0 spiro atoms. The van der Waals surface area contributed by atoms with E-state index in [1.807, 2.05) is 26.0 Å². The van der Waals surface area contributed by atoms with Crippen LogP contribution >= 0.6 is 0 Å². The van der Waals surface area contributed by atoms with Gasteiger partial charge in [-0.2, -0.15) is 0 Å². The number of aryl methyl sites for hydroxylation is 2. The van der Waals surface area contributed by atoms with Crippen molar-refractivity contribution in [2.75, 3.05) is 6.61 Å². The fourth-order valence-electron chi connectivity index (χ4n) is 4.12. The van der Waals surface area contributed by atoms with Crippen molar-refractivity contribution in [1.82, 2.24) is 9.13 Å². The Morgan fingerprint density at radius 2 is 1.45 bits per heavy atom. The van der Waals surface area contributed by atoms with Gasteiger partial charge in [-0.15, -0.1) is 0 Å². The second kappa shape index (κ2) is 9.91. The highest BCUT2D eigenvalue weighted by Crippen LogP contribution is 2.23. The second-order valence-corrected chi connectivity index (χ2v) is 8.49. The number of hydrogen-bond donors (Lipinski definition) is 4. The zero-order valence-electron chi connectivity index (χ0n) is 18.1. The van der Waals surface area contributed by atoms with Gasteiger partial charge in [0.15, 0.2) is 0 Å². The number of aliphatic hydroxyl groups is 4. The van der Waals surface area contributed by atoms with Gasteiger partial charge in [-0.05, 0) is 62.8 Å². The summed E-state index contributed by atoms with van der Waals surface area (Å²) in [5, 5.41) is 38.9. The minimum Gasteiger partial charge on any atom is -0.394 e. The Bertz CT molecular complexity index is 1080. The van der Waals surface area contributed by atoms with Crippen molar-refractivity contribution in [1.29, 1.82) is 0 Å². The molecule has 8 heteroatoms. The molecule has 2 aromatic rings. The maximum atomic E-state index is 13.0. The van der Waals surface area contributed by atoms with Gasteiger partial charge in [0.2, 0.25) is 0 Å². The Labute approximate surface area is 180 Å². The van der Waals surface area contributed by atoms with Crippen LogP contribution in [0.2, 0.25) is 0 Å². The summed E-state index contributed by atoms with van der Waals surface area (Å²) >= 11 is 0. The number of aromatic nitrogens is 2. The molecule has 170 valence electrons. The van der Waals surface area contributed by atoms with Crippen LogP contribution in [0.25, 0.3) is 11.0 Å². The summed E-state index contributed by atoms with van der Waals surface area (Å²) < 4.78 is 2.61. The lowest BCUT2D eigenvalue weighted by Crippen LogP contribution is -2.47. The Morgan fingerprint density at radius 1 is 0.903 bits per heavy atom. The van der Waals surface area contributed by atoms with Crippen LogP contribution in [0.1, 0.15) is 43.2 Å². The zero-order valence-corrected chi connectivity index (χ0v) is 18.1. The van der Waals surface area contributed by atoms with Crippen molar-refractivity contribution >= 4 is 11.0 Å². The van der Waals surface area contributed by atoms with Crippen LogP contribution < -0.4 is 11.1 Å². The molecule has 0 saturated heterocycles. The van der Waals surface area contributed by atoms with Gasteiger partial charge in [0, 0.05) is 6.54 Å². The van der Waals surface area contributed by atoms with Crippen molar-refractivity contribution in [2.24, 2.45) is 0 Å². The summed E-state index contributed by atoms with van der Waals surface area (Å²) in [5.41, 5.74) is 2.73. The van der Waals surface area contributed by atoms with E-state index in [1.165, 1.54) is 16.6 Å². The van der Waals surface area contributed by atoms with Gasteiger partial charge >= 0.3 is 11.1 Å². The Balaban J connectivity index is 2.10. The lowest BCUT2D eigenvalue weighted by Gasteiger charge is -2.23. The maximum absolute atomic E-state index is 13.0. The summed E-state index contributed by atoms with van der Waals surface area (Å²) in [6.07, 6.45) is 2.81. The largest absolute Gasteiger partial charge is 0.394 e. The fourth-order valence-corrected chi connectivity index (χ4v) is 4.12. The molecule has 1 fully saturated rings. The lowest BCUT2D eigenvalue weighted by molar-refractivity contribution is -0.0805. The van der Waals surface area contributed by atoms with Gasteiger partial charge in [0.05, 0.1) is 24.2 Å². The second-order valence-electron chi connectivity index (χ2n) is 8.49. The minimum absolute atomic E-state index is 0.303. The number of rotatable bonds is 7. The van der Waals surface area contributed by atoms with Crippen LogP contribution in [0, 0.1) is 13.8 Å². The van der Waals surface area contributed by atoms with E-state index >= 15 is 0 Å². The quantitative estimate of drug-likeness (QED) is 0.378. The molecule has 31 heavy (non-hydrogen) atoms.